The van der Waals surface area contributed by atoms with Gasteiger partial charge in [-0.25, -0.2) is 4.39 Å². The zero-order valence-electron chi connectivity index (χ0n) is 10.7. The molecule has 0 aliphatic heterocycles. The largest absolute Gasteiger partial charge is 0.313 e. The molecule has 1 aromatic heterocycles. The van der Waals surface area contributed by atoms with Crippen LogP contribution in [-0.2, 0) is 6.54 Å². The van der Waals surface area contributed by atoms with Crippen LogP contribution in [0.15, 0.2) is 36.7 Å². The van der Waals surface area contributed by atoms with Crippen LogP contribution in [0.4, 0.5) is 4.39 Å². The predicted molar refractivity (Wildman–Crippen MR) is 71.7 cm³/mol. The molecule has 1 heterocycles. The number of aryl methyl sites for hydroxylation is 1. The first-order valence-corrected chi connectivity index (χ1v) is 6.12. The Hall–Kier alpha value is -1.74. The summed E-state index contributed by atoms with van der Waals surface area (Å²) in [6.07, 6.45) is 3.54. The van der Waals surface area contributed by atoms with Crippen molar-refractivity contribution in [3.8, 4) is 11.1 Å². The van der Waals surface area contributed by atoms with Crippen LogP contribution in [-0.4, -0.2) is 11.5 Å². The van der Waals surface area contributed by atoms with E-state index in [-0.39, 0.29) is 5.82 Å². The van der Waals surface area contributed by atoms with Crippen molar-refractivity contribution >= 4 is 0 Å². The fourth-order valence-electron chi connectivity index (χ4n) is 1.99. The first-order valence-electron chi connectivity index (χ1n) is 6.12. The molecule has 0 radical (unpaired) electrons. The minimum Gasteiger partial charge on any atom is -0.313 e. The second-order valence-electron chi connectivity index (χ2n) is 4.27. The zero-order valence-corrected chi connectivity index (χ0v) is 10.7. The van der Waals surface area contributed by atoms with Crippen molar-refractivity contribution in [1.29, 1.82) is 0 Å². The van der Waals surface area contributed by atoms with Crippen LogP contribution in [0, 0.1) is 12.7 Å². The SMILES string of the molecule is CCNCc1ccc(F)cc1-c1ccncc1C. The van der Waals surface area contributed by atoms with Crippen molar-refractivity contribution in [3.63, 3.8) is 0 Å². The maximum Gasteiger partial charge on any atom is 0.123 e. The molecule has 0 amide bonds. The number of halogens is 1. The monoisotopic (exact) mass is 244 g/mol. The maximum atomic E-state index is 13.5. The van der Waals surface area contributed by atoms with Gasteiger partial charge in [0, 0.05) is 18.9 Å². The third-order valence-corrected chi connectivity index (χ3v) is 2.95. The van der Waals surface area contributed by atoms with Gasteiger partial charge in [0.05, 0.1) is 0 Å². The molecule has 0 saturated heterocycles. The highest BCUT2D eigenvalue weighted by Gasteiger charge is 2.08. The van der Waals surface area contributed by atoms with Crippen molar-refractivity contribution in [2.24, 2.45) is 0 Å². The van der Waals surface area contributed by atoms with Crippen molar-refractivity contribution in [3.05, 3.63) is 53.6 Å². The van der Waals surface area contributed by atoms with Crippen molar-refractivity contribution in [2.45, 2.75) is 20.4 Å². The molecule has 0 atom stereocenters. The number of nitrogens with zero attached hydrogens (tertiary/aromatic N) is 1. The van der Waals surface area contributed by atoms with Crippen LogP contribution in [0.5, 0.6) is 0 Å². The van der Waals surface area contributed by atoms with E-state index in [9.17, 15) is 4.39 Å². The van der Waals surface area contributed by atoms with Crippen molar-refractivity contribution in [1.82, 2.24) is 10.3 Å². The van der Waals surface area contributed by atoms with Gasteiger partial charge in [0.2, 0.25) is 0 Å². The van der Waals surface area contributed by atoms with E-state index in [1.54, 1.807) is 18.5 Å². The molecule has 1 aromatic carbocycles. The van der Waals surface area contributed by atoms with E-state index < -0.39 is 0 Å². The van der Waals surface area contributed by atoms with E-state index >= 15 is 0 Å². The molecule has 0 unspecified atom stereocenters. The van der Waals surface area contributed by atoms with Gasteiger partial charge in [-0.3, -0.25) is 4.98 Å². The quantitative estimate of drug-likeness (QED) is 0.892. The van der Waals surface area contributed by atoms with E-state index in [2.05, 4.69) is 17.2 Å². The Labute approximate surface area is 107 Å². The van der Waals surface area contributed by atoms with Crippen LogP contribution in [0.1, 0.15) is 18.1 Å². The summed E-state index contributed by atoms with van der Waals surface area (Å²) in [5.74, 6) is -0.207. The molecule has 0 aliphatic carbocycles. The summed E-state index contributed by atoms with van der Waals surface area (Å²) in [5, 5.41) is 3.28. The summed E-state index contributed by atoms with van der Waals surface area (Å²) >= 11 is 0. The molecule has 2 nitrogen and oxygen atoms in total. The number of nitrogens with one attached hydrogen (secondary N) is 1. The van der Waals surface area contributed by atoms with Crippen molar-refractivity contribution < 1.29 is 4.39 Å². The first-order chi connectivity index (χ1) is 8.72. The molecule has 1 N–H and O–H groups in total. The number of aromatic nitrogens is 1. The number of pyridine rings is 1. The van der Waals surface area contributed by atoms with Crippen LogP contribution in [0.3, 0.4) is 0 Å². The lowest BCUT2D eigenvalue weighted by molar-refractivity contribution is 0.626. The molecule has 0 fully saturated rings. The van der Waals surface area contributed by atoms with Gasteiger partial charge in [0.15, 0.2) is 0 Å². The van der Waals surface area contributed by atoms with Gasteiger partial charge in [0.1, 0.15) is 5.82 Å². The Balaban J connectivity index is 2.48. The second kappa shape index (κ2) is 5.74. The minimum absolute atomic E-state index is 0.207. The molecule has 18 heavy (non-hydrogen) atoms. The standard InChI is InChI=1S/C15H17FN2/c1-3-17-10-12-4-5-13(16)8-15(12)14-6-7-18-9-11(14)2/h4-9,17H,3,10H2,1-2H3. The van der Waals surface area contributed by atoms with Crippen LogP contribution >= 0.6 is 0 Å². The first kappa shape index (κ1) is 12.7. The highest BCUT2D eigenvalue weighted by Crippen LogP contribution is 2.27. The molecule has 94 valence electrons. The van der Waals surface area contributed by atoms with E-state index in [1.807, 2.05) is 19.1 Å². The predicted octanol–water partition coefficient (Wildman–Crippen LogP) is 3.31. The topological polar surface area (TPSA) is 24.9 Å². The normalized spacial score (nSPS) is 10.6. The Kier molecular flexibility index (Phi) is 4.05. The number of hydrogen-bond acceptors (Lipinski definition) is 2. The summed E-state index contributed by atoms with van der Waals surface area (Å²) in [5.41, 5.74) is 4.14. The lowest BCUT2D eigenvalue weighted by Crippen LogP contribution is -2.12. The summed E-state index contributed by atoms with van der Waals surface area (Å²) in [6.45, 7) is 5.69. The third-order valence-electron chi connectivity index (χ3n) is 2.95. The lowest BCUT2D eigenvalue weighted by Gasteiger charge is -2.12. The number of benzene rings is 1. The van der Waals surface area contributed by atoms with E-state index in [1.165, 1.54) is 6.07 Å². The molecular formula is C15H17FN2. The zero-order chi connectivity index (χ0) is 13.0. The van der Waals surface area contributed by atoms with Gasteiger partial charge in [0.25, 0.3) is 0 Å². The summed E-state index contributed by atoms with van der Waals surface area (Å²) < 4.78 is 13.5. The van der Waals surface area contributed by atoms with Crippen LogP contribution < -0.4 is 5.32 Å². The number of rotatable bonds is 4. The van der Waals surface area contributed by atoms with Gasteiger partial charge >= 0.3 is 0 Å². The van der Waals surface area contributed by atoms with Crippen molar-refractivity contribution in [2.75, 3.05) is 6.54 Å². The molecule has 0 saturated carbocycles. The van der Waals surface area contributed by atoms with E-state index in [0.717, 1.165) is 35.3 Å². The molecule has 2 aromatic rings. The highest BCUT2D eigenvalue weighted by molar-refractivity contribution is 5.70. The number of hydrogen-bond donors (Lipinski definition) is 1. The average Bonchev–Trinajstić information content (AvgIpc) is 2.38. The second-order valence-corrected chi connectivity index (χ2v) is 4.27. The Morgan fingerprint density at radius 3 is 2.78 bits per heavy atom. The molecule has 0 bridgehead atoms. The highest BCUT2D eigenvalue weighted by atomic mass is 19.1. The fraction of sp³-hybridized carbons (Fsp3) is 0.267. The van der Waals surface area contributed by atoms with Gasteiger partial charge < -0.3 is 5.32 Å². The van der Waals surface area contributed by atoms with Gasteiger partial charge in [-0.2, -0.15) is 0 Å². The third kappa shape index (κ3) is 2.74. The Morgan fingerprint density at radius 2 is 2.06 bits per heavy atom. The molecule has 3 heteroatoms. The maximum absolute atomic E-state index is 13.5. The van der Waals surface area contributed by atoms with Crippen LogP contribution in [0.2, 0.25) is 0 Å². The Morgan fingerprint density at radius 1 is 1.22 bits per heavy atom. The smallest absolute Gasteiger partial charge is 0.123 e. The molecule has 2 rings (SSSR count). The van der Waals surface area contributed by atoms with E-state index in [0.29, 0.717) is 0 Å². The molecule has 0 spiro atoms. The lowest BCUT2D eigenvalue weighted by atomic mass is 9.97. The summed E-state index contributed by atoms with van der Waals surface area (Å²) in [7, 11) is 0. The molecule has 0 aliphatic rings. The average molecular weight is 244 g/mol. The summed E-state index contributed by atoms with van der Waals surface area (Å²) in [4.78, 5) is 4.08. The van der Waals surface area contributed by atoms with Gasteiger partial charge in [-0.05, 0) is 53.9 Å². The minimum atomic E-state index is -0.207. The fourth-order valence-corrected chi connectivity index (χ4v) is 1.99. The Bertz CT molecular complexity index is 538. The van der Waals surface area contributed by atoms with E-state index in [4.69, 9.17) is 0 Å². The molecular weight excluding hydrogens is 227 g/mol. The van der Waals surface area contributed by atoms with Gasteiger partial charge in [-0.1, -0.05) is 13.0 Å². The summed E-state index contributed by atoms with van der Waals surface area (Å²) in [6, 6.07) is 6.87. The van der Waals surface area contributed by atoms with Gasteiger partial charge in [-0.15, -0.1) is 0 Å². The van der Waals surface area contributed by atoms with Crippen LogP contribution in [0.25, 0.3) is 11.1 Å².